The van der Waals surface area contributed by atoms with E-state index in [0.29, 0.717) is 16.7 Å². The van der Waals surface area contributed by atoms with Gasteiger partial charge < -0.3 is 15.6 Å². The Morgan fingerprint density at radius 3 is 2.48 bits per heavy atom. The molecular formula is C20H14F3N5O. The molecule has 4 aromatic rings. The average Bonchev–Trinajstić information content (AvgIpc) is 3.11. The van der Waals surface area contributed by atoms with E-state index >= 15 is 0 Å². The van der Waals surface area contributed by atoms with Crippen LogP contribution in [0.1, 0.15) is 5.56 Å². The summed E-state index contributed by atoms with van der Waals surface area (Å²) in [7, 11) is 0. The Bertz CT molecular complexity index is 1150. The summed E-state index contributed by atoms with van der Waals surface area (Å²) in [4.78, 5) is 23.7. The number of pyridine rings is 2. The summed E-state index contributed by atoms with van der Waals surface area (Å²) >= 11 is 0. The summed E-state index contributed by atoms with van der Waals surface area (Å²) in [5.74, 6) is 0. The highest BCUT2D eigenvalue weighted by atomic mass is 19.4. The van der Waals surface area contributed by atoms with Gasteiger partial charge in [0.1, 0.15) is 5.65 Å². The lowest BCUT2D eigenvalue weighted by molar-refractivity contribution is -0.137. The normalized spacial score (nSPS) is 11.4. The molecule has 0 atom stereocenters. The van der Waals surface area contributed by atoms with Crippen LogP contribution in [-0.2, 0) is 6.18 Å². The molecule has 29 heavy (non-hydrogen) atoms. The number of carbonyl (C=O) groups is 1. The number of hydrogen-bond acceptors (Lipinski definition) is 3. The first-order valence-electron chi connectivity index (χ1n) is 8.53. The fraction of sp³-hybridized carbons (Fsp3) is 0.0500. The standard InChI is InChI=1S/C20H14F3N5O/c21-20(22,23)13-3-5-14(6-4-13)27-19(29)28-16-11-26-18-17(16)15(7-9-25-18)12-2-1-8-24-10-12/h1-11H,(H,25,26)(H2,27,28,29). The van der Waals surface area contributed by atoms with Gasteiger partial charge in [-0.25, -0.2) is 9.78 Å². The van der Waals surface area contributed by atoms with E-state index in [4.69, 9.17) is 0 Å². The molecule has 3 N–H and O–H groups in total. The number of aromatic amines is 1. The average molecular weight is 397 g/mol. The number of hydrogen-bond donors (Lipinski definition) is 3. The number of halogens is 3. The molecule has 2 amide bonds. The number of carbonyl (C=O) groups excluding carboxylic acids is 1. The number of aromatic nitrogens is 3. The Kier molecular flexibility index (Phi) is 4.63. The third kappa shape index (κ3) is 3.88. The van der Waals surface area contributed by atoms with Gasteiger partial charge in [-0.15, -0.1) is 0 Å². The maximum atomic E-state index is 12.6. The van der Waals surface area contributed by atoms with Crippen molar-refractivity contribution >= 4 is 28.4 Å². The molecular weight excluding hydrogens is 383 g/mol. The van der Waals surface area contributed by atoms with E-state index in [-0.39, 0.29) is 5.69 Å². The van der Waals surface area contributed by atoms with E-state index in [9.17, 15) is 18.0 Å². The lowest BCUT2D eigenvalue weighted by Crippen LogP contribution is -2.19. The predicted octanol–water partition coefficient (Wildman–Crippen LogP) is 5.29. The first kappa shape index (κ1) is 18.5. The SMILES string of the molecule is O=C(Nc1ccc(C(F)(F)F)cc1)Nc1c[nH]c2nccc(-c3cccnc3)c12. The minimum Gasteiger partial charge on any atom is -0.344 e. The minimum atomic E-state index is -4.43. The smallest absolute Gasteiger partial charge is 0.344 e. The van der Waals surface area contributed by atoms with Gasteiger partial charge in [-0.05, 0) is 42.0 Å². The fourth-order valence-electron chi connectivity index (χ4n) is 2.94. The Labute approximate surface area is 162 Å². The highest BCUT2D eigenvalue weighted by Crippen LogP contribution is 2.33. The van der Waals surface area contributed by atoms with Gasteiger partial charge in [0, 0.05) is 36.0 Å². The van der Waals surface area contributed by atoms with Crippen LogP contribution >= 0.6 is 0 Å². The van der Waals surface area contributed by atoms with Crippen molar-refractivity contribution in [2.75, 3.05) is 10.6 Å². The van der Waals surface area contributed by atoms with E-state index in [2.05, 4.69) is 25.6 Å². The van der Waals surface area contributed by atoms with Gasteiger partial charge in [0.05, 0.1) is 16.6 Å². The third-order valence-corrected chi connectivity index (χ3v) is 4.26. The van der Waals surface area contributed by atoms with E-state index in [1.54, 1.807) is 30.9 Å². The van der Waals surface area contributed by atoms with Crippen molar-refractivity contribution in [3.63, 3.8) is 0 Å². The molecule has 0 aliphatic carbocycles. The summed E-state index contributed by atoms with van der Waals surface area (Å²) in [5.41, 5.74) is 2.20. The van der Waals surface area contributed by atoms with Crippen LogP contribution in [0.3, 0.4) is 0 Å². The number of anilines is 2. The molecule has 4 rings (SSSR count). The summed E-state index contributed by atoms with van der Waals surface area (Å²) in [6.45, 7) is 0. The molecule has 0 saturated heterocycles. The third-order valence-electron chi connectivity index (χ3n) is 4.26. The van der Waals surface area contributed by atoms with Crippen LogP contribution in [0.4, 0.5) is 29.3 Å². The Morgan fingerprint density at radius 1 is 1.00 bits per heavy atom. The van der Waals surface area contributed by atoms with Crippen molar-refractivity contribution in [1.82, 2.24) is 15.0 Å². The van der Waals surface area contributed by atoms with Crippen molar-refractivity contribution < 1.29 is 18.0 Å². The zero-order chi connectivity index (χ0) is 20.4. The van der Waals surface area contributed by atoms with Crippen molar-refractivity contribution in [3.05, 3.63) is 72.8 Å². The molecule has 9 heteroatoms. The van der Waals surface area contributed by atoms with Gasteiger partial charge in [-0.3, -0.25) is 4.98 Å². The summed E-state index contributed by atoms with van der Waals surface area (Å²) in [5, 5.41) is 5.92. The molecule has 0 unspecified atom stereocenters. The van der Waals surface area contributed by atoms with Crippen LogP contribution in [0.2, 0.25) is 0 Å². The second kappa shape index (κ2) is 7.27. The number of nitrogens with zero attached hydrogens (tertiary/aromatic N) is 2. The van der Waals surface area contributed by atoms with Gasteiger partial charge in [-0.1, -0.05) is 6.07 Å². The number of urea groups is 1. The second-order valence-corrected chi connectivity index (χ2v) is 6.18. The Hall–Kier alpha value is -3.88. The topological polar surface area (TPSA) is 82.7 Å². The number of fused-ring (bicyclic) bond motifs is 1. The zero-order valence-electron chi connectivity index (χ0n) is 14.8. The molecule has 3 heterocycles. The monoisotopic (exact) mass is 397 g/mol. The highest BCUT2D eigenvalue weighted by molar-refractivity contribution is 6.09. The van der Waals surface area contributed by atoms with Gasteiger partial charge >= 0.3 is 12.2 Å². The number of nitrogens with one attached hydrogen (secondary N) is 3. The van der Waals surface area contributed by atoms with Crippen LogP contribution in [-0.4, -0.2) is 21.0 Å². The molecule has 0 radical (unpaired) electrons. The molecule has 146 valence electrons. The zero-order valence-corrected chi connectivity index (χ0v) is 14.8. The van der Waals surface area contributed by atoms with Gasteiger partial charge in [-0.2, -0.15) is 13.2 Å². The van der Waals surface area contributed by atoms with Crippen LogP contribution in [0.15, 0.2) is 67.3 Å². The van der Waals surface area contributed by atoms with Crippen LogP contribution in [0.5, 0.6) is 0 Å². The summed E-state index contributed by atoms with van der Waals surface area (Å²) in [6, 6.07) is 9.12. The molecule has 0 spiro atoms. The van der Waals surface area contributed by atoms with E-state index in [0.717, 1.165) is 23.3 Å². The maximum absolute atomic E-state index is 12.6. The van der Waals surface area contributed by atoms with Gasteiger partial charge in [0.25, 0.3) is 0 Å². The van der Waals surface area contributed by atoms with E-state index < -0.39 is 17.8 Å². The predicted molar refractivity (Wildman–Crippen MR) is 103 cm³/mol. The van der Waals surface area contributed by atoms with Crippen molar-refractivity contribution in [3.8, 4) is 11.1 Å². The number of alkyl halides is 3. The lowest BCUT2D eigenvalue weighted by Gasteiger charge is -2.10. The first-order chi connectivity index (χ1) is 13.9. The number of H-pyrrole nitrogens is 1. The minimum absolute atomic E-state index is 0.237. The fourth-order valence-corrected chi connectivity index (χ4v) is 2.94. The lowest BCUT2D eigenvalue weighted by atomic mass is 10.1. The van der Waals surface area contributed by atoms with E-state index in [1.165, 1.54) is 12.1 Å². The van der Waals surface area contributed by atoms with Crippen molar-refractivity contribution in [1.29, 1.82) is 0 Å². The van der Waals surface area contributed by atoms with Crippen molar-refractivity contribution in [2.24, 2.45) is 0 Å². The molecule has 0 saturated carbocycles. The number of benzene rings is 1. The van der Waals surface area contributed by atoms with Gasteiger partial charge in [0.15, 0.2) is 0 Å². The Balaban J connectivity index is 1.57. The molecule has 0 aliphatic heterocycles. The highest BCUT2D eigenvalue weighted by Gasteiger charge is 2.30. The summed E-state index contributed by atoms with van der Waals surface area (Å²) in [6.07, 6.45) is 2.18. The van der Waals surface area contributed by atoms with Crippen LogP contribution < -0.4 is 10.6 Å². The first-order valence-corrected chi connectivity index (χ1v) is 8.53. The molecule has 6 nitrogen and oxygen atoms in total. The van der Waals surface area contributed by atoms with Crippen LogP contribution in [0.25, 0.3) is 22.2 Å². The van der Waals surface area contributed by atoms with E-state index in [1.807, 2.05) is 12.1 Å². The second-order valence-electron chi connectivity index (χ2n) is 6.18. The number of amides is 2. The molecule has 0 aliphatic rings. The molecule has 0 fully saturated rings. The molecule has 1 aromatic carbocycles. The quantitative estimate of drug-likeness (QED) is 0.439. The molecule has 3 aromatic heterocycles. The number of rotatable bonds is 3. The van der Waals surface area contributed by atoms with Crippen molar-refractivity contribution in [2.45, 2.75) is 6.18 Å². The van der Waals surface area contributed by atoms with Gasteiger partial charge in [0.2, 0.25) is 0 Å². The largest absolute Gasteiger partial charge is 0.416 e. The maximum Gasteiger partial charge on any atom is 0.416 e. The molecule has 0 bridgehead atoms. The summed E-state index contributed by atoms with van der Waals surface area (Å²) < 4.78 is 37.9. The Morgan fingerprint density at radius 2 is 1.79 bits per heavy atom. The van der Waals surface area contributed by atoms with Crippen LogP contribution in [0, 0.1) is 0 Å².